The summed E-state index contributed by atoms with van der Waals surface area (Å²) in [6, 6.07) is 8.87. The van der Waals surface area contributed by atoms with Crippen LogP contribution in [0.15, 0.2) is 78.9 Å². The maximum absolute atomic E-state index is 13.7. The van der Waals surface area contributed by atoms with Gasteiger partial charge >= 0.3 is 11.9 Å². The van der Waals surface area contributed by atoms with Crippen LogP contribution in [0.5, 0.6) is 0 Å². The number of amides is 5. The number of rotatable bonds is 14. The molecule has 0 aliphatic carbocycles. The van der Waals surface area contributed by atoms with E-state index < -0.39 is 66.6 Å². The predicted molar refractivity (Wildman–Crippen MR) is 188 cm³/mol. The second kappa shape index (κ2) is 16.5. The van der Waals surface area contributed by atoms with Crippen molar-refractivity contribution in [2.75, 3.05) is 19.6 Å². The highest BCUT2D eigenvalue weighted by molar-refractivity contribution is 6.33. The van der Waals surface area contributed by atoms with Crippen molar-refractivity contribution in [3.05, 3.63) is 107 Å². The minimum absolute atomic E-state index is 0.0121. The lowest BCUT2D eigenvalue weighted by Crippen LogP contribution is -2.51. The quantitative estimate of drug-likeness (QED) is 0.131. The van der Waals surface area contributed by atoms with Crippen LogP contribution in [0.4, 0.5) is 0 Å². The number of allylic oxidation sites excluding steroid dienone is 4. The third-order valence-corrected chi connectivity index (χ3v) is 8.43. The zero-order valence-electron chi connectivity index (χ0n) is 28.6. The number of fused-ring (bicyclic) bond motifs is 3. The molecule has 2 aliphatic heterocycles. The molecule has 0 bridgehead atoms. The number of carboxylic acids is 2. The summed E-state index contributed by atoms with van der Waals surface area (Å²) in [6.45, 7) is 8.01. The fourth-order valence-electron chi connectivity index (χ4n) is 5.99. The fourth-order valence-corrected chi connectivity index (χ4v) is 5.99. The van der Waals surface area contributed by atoms with Gasteiger partial charge in [-0.2, -0.15) is 0 Å². The van der Waals surface area contributed by atoms with Gasteiger partial charge < -0.3 is 25.7 Å². The topological polar surface area (TPSA) is 190 Å². The largest absolute Gasteiger partial charge is 0.480 e. The molecule has 13 nitrogen and oxygen atoms in total. The van der Waals surface area contributed by atoms with Gasteiger partial charge in [-0.05, 0) is 50.0 Å². The molecule has 2 heterocycles. The number of hydrogen-bond donors (Lipinski definition) is 4. The Balaban J connectivity index is 1.52. The molecule has 266 valence electrons. The van der Waals surface area contributed by atoms with Crippen molar-refractivity contribution in [1.82, 2.24) is 20.4 Å². The number of carbonyl (C=O) groups excluding carboxylic acids is 5. The number of carbonyl (C=O) groups is 7. The summed E-state index contributed by atoms with van der Waals surface area (Å²) in [5.41, 5.74) is 2.33. The summed E-state index contributed by atoms with van der Waals surface area (Å²) in [7, 11) is 0. The summed E-state index contributed by atoms with van der Waals surface area (Å²) in [5, 5.41) is 24.3. The Morgan fingerprint density at radius 3 is 2.08 bits per heavy atom. The minimum Gasteiger partial charge on any atom is -0.480 e. The number of hydrogen-bond acceptors (Lipinski definition) is 7. The fraction of sp³-hybridized carbons (Fsp3) is 0.289. The summed E-state index contributed by atoms with van der Waals surface area (Å²) in [4.78, 5) is 92.7. The molecule has 0 spiro atoms. The first-order valence-electron chi connectivity index (χ1n) is 16.3. The number of aliphatic carboxylic acids is 2. The van der Waals surface area contributed by atoms with Gasteiger partial charge in [0.2, 0.25) is 11.8 Å². The van der Waals surface area contributed by atoms with Crippen LogP contribution in [0, 0.1) is 0 Å². The molecular formula is C38H40N4O9. The Bertz CT molecular complexity index is 1880. The summed E-state index contributed by atoms with van der Waals surface area (Å²) < 4.78 is 0. The van der Waals surface area contributed by atoms with Gasteiger partial charge in [-0.3, -0.25) is 28.9 Å². The number of nitrogens with one attached hydrogen (secondary N) is 2. The van der Waals surface area contributed by atoms with E-state index in [-0.39, 0.29) is 47.2 Å². The number of benzene rings is 2. The van der Waals surface area contributed by atoms with Crippen LogP contribution in [0.3, 0.4) is 0 Å². The third kappa shape index (κ3) is 8.74. The van der Waals surface area contributed by atoms with E-state index in [1.807, 2.05) is 19.1 Å². The lowest BCUT2D eigenvalue weighted by molar-refractivity contribution is -0.142. The van der Waals surface area contributed by atoms with Crippen molar-refractivity contribution in [2.24, 2.45) is 0 Å². The first-order valence-corrected chi connectivity index (χ1v) is 16.3. The number of nitrogens with zero attached hydrogens (tertiary/aromatic N) is 2. The van der Waals surface area contributed by atoms with Crippen LogP contribution in [0.25, 0.3) is 11.1 Å². The second-order valence-corrected chi connectivity index (χ2v) is 12.2. The Kier molecular flexibility index (Phi) is 12.2. The average molecular weight is 697 g/mol. The highest BCUT2D eigenvalue weighted by Gasteiger charge is 2.41. The molecule has 2 aromatic carbocycles. The molecule has 2 atom stereocenters. The molecule has 4 rings (SSSR count). The molecule has 0 saturated carbocycles. The maximum atomic E-state index is 13.7. The van der Waals surface area contributed by atoms with Crippen LogP contribution in [-0.2, 0) is 30.4 Å². The molecule has 0 radical (unpaired) electrons. The highest BCUT2D eigenvalue weighted by atomic mass is 16.4. The predicted octanol–water partition coefficient (Wildman–Crippen LogP) is 3.23. The Morgan fingerprint density at radius 1 is 0.863 bits per heavy atom. The Morgan fingerprint density at radius 2 is 1.47 bits per heavy atom. The number of carboxylic acid groups (broad SMARTS) is 2. The smallest absolute Gasteiger partial charge is 0.326 e. The van der Waals surface area contributed by atoms with Crippen molar-refractivity contribution in [3.8, 4) is 0 Å². The summed E-state index contributed by atoms with van der Waals surface area (Å²) >= 11 is 0. The molecule has 4 N–H and O–H groups in total. The van der Waals surface area contributed by atoms with Gasteiger partial charge in [0.1, 0.15) is 25.2 Å². The van der Waals surface area contributed by atoms with Crippen molar-refractivity contribution < 1.29 is 43.8 Å². The Hall–Kier alpha value is -6.11. The lowest BCUT2D eigenvalue weighted by Gasteiger charge is -2.35. The SMILES string of the molecule is C=C1CN(CC(=O)N[C@@H](C/C(C)=C/C=C\CC)C(=O)O)C(=O)c2ccc3c(c21)/C(=C\C)C(=O)N(CC(=O)N[C@@H](Cc1ccccc1)C(=O)O)C3=O. The van der Waals surface area contributed by atoms with Gasteiger partial charge in [0.05, 0.1) is 0 Å². The van der Waals surface area contributed by atoms with E-state index in [1.165, 1.54) is 23.1 Å². The molecule has 51 heavy (non-hydrogen) atoms. The van der Waals surface area contributed by atoms with Crippen LogP contribution >= 0.6 is 0 Å². The first-order chi connectivity index (χ1) is 24.3. The monoisotopic (exact) mass is 696 g/mol. The van der Waals surface area contributed by atoms with Crippen LogP contribution in [-0.4, -0.2) is 93.2 Å². The van der Waals surface area contributed by atoms with Gasteiger partial charge in [-0.25, -0.2) is 9.59 Å². The molecule has 2 aliphatic rings. The molecule has 5 amide bonds. The normalized spacial score (nSPS) is 16.5. The van der Waals surface area contributed by atoms with E-state index in [0.29, 0.717) is 11.1 Å². The summed E-state index contributed by atoms with van der Waals surface area (Å²) in [5.74, 6) is -6.27. The molecule has 0 aromatic heterocycles. The van der Waals surface area contributed by atoms with Crippen LogP contribution in [0.2, 0.25) is 0 Å². The van der Waals surface area contributed by atoms with Gasteiger partial charge in [-0.1, -0.05) is 73.7 Å². The van der Waals surface area contributed by atoms with Crippen LogP contribution in [0.1, 0.15) is 71.0 Å². The van der Waals surface area contributed by atoms with Gasteiger partial charge in [0.25, 0.3) is 17.7 Å². The van der Waals surface area contributed by atoms with Crippen molar-refractivity contribution in [2.45, 2.75) is 52.1 Å². The van der Waals surface area contributed by atoms with Gasteiger partial charge in [-0.15, -0.1) is 0 Å². The van der Waals surface area contributed by atoms with E-state index in [0.717, 1.165) is 16.9 Å². The third-order valence-electron chi connectivity index (χ3n) is 8.43. The molecule has 0 saturated heterocycles. The van der Waals surface area contributed by atoms with E-state index in [1.54, 1.807) is 50.3 Å². The number of imide groups is 1. The van der Waals surface area contributed by atoms with Crippen LogP contribution < -0.4 is 10.6 Å². The standard InChI is InChI=1S/C38H40N4O9/c1-5-7-9-12-22(3)17-28(37(48)49)39-30(43)20-41-19-23(4)32-26(34(41)45)15-16-27-33(32)25(6-2)35(46)42(36(27)47)21-31(44)40-29(38(50)51)18-24-13-10-8-11-14-24/h6-16,28-29H,4-5,17-21H2,1-3H3,(H,39,43)(H,40,44)(H,48,49)(H,50,51)/b9-7-,22-12+,25-6+/t28-,29-/m0/s1. The summed E-state index contributed by atoms with van der Waals surface area (Å²) in [6.07, 6.45) is 7.81. The molecule has 0 unspecified atom stereocenters. The minimum atomic E-state index is -1.31. The van der Waals surface area contributed by atoms with Crippen molar-refractivity contribution in [1.29, 1.82) is 0 Å². The molecule has 13 heteroatoms. The van der Waals surface area contributed by atoms with Crippen molar-refractivity contribution in [3.63, 3.8) is 0 Å². The van der Waals surface area contributed by atoms with E-state index in [9.17, 15) is 43.8 Å². The van der Waals surface area contributed by atoms with Gasteiger partial charge in [0.15, 0.2) is 0 Å². The molecular weight excluding hydrogens is 656 g/mol. The van der Waals surface area contributed by atoms with Crippen molar-refractivity contribution >= 4 is 52.6 Å². The van der Waals surface area contributed by atoms with E-state index in [2.05, 4.69) is 17.2 Å². The lowest BCUT2D eigenvalue weighted by atomic mass is 9.81. The first kappa shape index (κ1) is 37.7. The van der Waals surface area contributed by atoms with Gasteiger partial charge in [0, 0.05) is 40.8 Å². The average Bonchev–Trinajstić information content (AvgIpc) is 3.08. The zero-order chi connectivity index (χ0) is 37.4. The van der Waals surface area contributed by atoms with E-state index >= 15 is 0 Å². The second-order valence-electron chi connectivity index (χ2n) is 12.2. The van der Waals surface area contributed by atoms with E-state index in [4.69, 9.17) is 0 Å². The highest BCUT2D eigenvalue weighted by Crippen LogP contribution is 2.39. The molecule has 2 aromatic rings. The zero-order valence-corrected chi connectivity index (χ0v) is 28.6. The molecule has 0 fully saturated rings. The Labute approximate surface area is 295 Å². The maximum Gasteiger partial charge on any atom is 0.326 e.